The van der Waals surface area contributed by atoms with Crippen molar-refractivity contribution in [2.24, 2.45) is 0 Å². The molecule has 2 aliphatic rings. The third kappa shape index (κ3) is 3.49. The maximum absolute atomic E-state index is 12.8. The first-order chi connectivity index (χ1) is 13.0. The van der Waals surface area contributed by atoms with Crippen LogP contribution < -0.4 is 9.80 Å². The van der Waals surface area contributed by atoms with Crippen LogP contribution in [0.2, 0.25) is 0 Å². The Morgan fingerprint density at radius 1 is 1.26 bits per heavy atom. The maximum Gasteiger partial charge on any atom is 0.270 e. The van der Waals surface area contributed by atoms with Crippen molar-refractivity contribution < 1.29 is 9.90 Å². The van der Waals surface area contributed by atoms with E-state index in [-0.39, 0.29) is 12.0 Å². The Kier molecular flexibility index (Phi) is 4.73. The number of aliphatic hydroxyl groups excluding tert-OH is 1. The number of carbonyl (C=O) groups is 1. The summed E-state index contributed by atoms with van der Waals surface area (Å²) in [4.78, 5) is 31.3. The van der Waals surface area contributed by atoms with Crippen LogP contribution in [0.25, 0.3) is 0 Å². The summed E-state index contributed by atoms with van der Waals surface area (Å²) in [6.45, 7) is 2.69. The van der Waals surface area contributed by atoms with E-state index in [9.17, 15) is 9.90 Å². The minimum absolute atomic E-state index is 0.00218. The molecule has 2 aliphatic heterocycles. The van der Waals surface area contributed by atoms with Gasteiger partial charge in [0.05, 0.1) is 18.3 Å². The highest BCUT2D eigenvalue weighted by atomic mass is 16.3. The number of nitrogens with zero attached hydrogens (tertiary/aromatic N) is 5. The number of carbonyl (C=O) groups excluding carboxylic acids is 1. The van der Waals surface area contributed by atoms with Crippen LogP contribution in [0.5, 0.6) is 0 Å². The van der Waals surface area contributed by atoms with E-state index < -0.39 is 0 Å². The molecule has 2 aromatic rings. The predicted octanol–water partition coefficient (Wildman–Crippen LogP) is 1.03. The lowest BCUT2D eigenvalue weighted by Gasteiger charge is -2.36. The van der Waals surface area contributed by atoms with Crippen molar-refractivity contribution in [3.63, 3.8) is 0 Å². The second-order valence-corrected chi connectivity index (χ2v) is 7.45. The number of hydrogen-bond donors (Lipinski definition) is 2. The summed E-state index contributed by atoms with van der Waals surface area (Å²) in [5.41, 5.74) is 2.65. The predicted molar refractivity (Wildman–Crippen MR) is 103 cm³/mol. The van der Waals surface area contributed by atoms with Gasteiger partial charge in [0, 0.05) is 51.9 Å². The lowest BCUT2D eigenvalue weighted by molar-refractivity contribution is 0.0728. The van der Waals surface area contributed by atoms with Crippen LogP contribution in [0.15, 0.2) is 18.3 Å². The Hall–Kier alpha value is -2.61. The molecular formula is C19H26N6O2. The number of nitrogens with one attached hydrogen (secondary N) is 1. The average Bonchev–Trinajstić information content (AvgIpc) is 3.21. The minimum atomic E-state index is -0.238. The molecule has 4 heterocycles. The van der Waals surface area contributed by atoms with Gasteiger partial charge in [0.2, 0.25) is 5.95 Å². The van der Waals surface area contributed by atoms with Gasteiger partial charge in [-0.3, -0.25) is 4.79 Å². The molecule has 1 amide bonds. The number of H-pyrrole nitrogens is 1. The molecule has 2 N–H and O–H groups in total. The molecule has 0 bridgehead atoms. The molecule has 0 unspecified atom stereocenters. The topological polar surface area (TPSA) is 88.6 Å². The van der Waals surface area contributed by atoms with Crippen LogP contribution in [0.1, 0.15) is 34.6 Å². The SMILES string of the molecule is CN(C)c1nc2c(c(N3CCC(O)CC3)n1)CN(C(=O)c1ccc[nH]1)CC2. The Balaban J connectivity index is 1.67. The van der Waals surface area contributed by atoms with E-state index in [1.165, 1.54) is 0 Å². The molecule has 8 heteroatoms. The van der Waals surface area contributed by atoms with Gasteiger partial charge in [0.15, 0.2) is 0 Å². The summed E-state index contributed by atoms with van der Waals surface area (Å²) < 4.78 is 0. The van der Waals surface area contributed by atoms with E-state index >= 15 is 0 Å². The van der Waals surface area contributed by atoms with Crippen molar-refractivity contribution >= 4 is 17.7 Å². The number of piperidine rings is 1. The lowest BCUT2D eigenvalue weighted by atomic mass is 10.0. The van der Waals surface area contributed by atoms with Crippen LogP contribution in [-0.4, -0.2) is 70.7 Å². The van der Waals surface area contributed by atoms with Crippen molar-refractivity contribution in [3.05, 3.63) is 35.3 Å². The molecule has 4 rings (SSSR count). The van der Waals surface area contributed by atoms with Crippen LogP contribution >= 0.6 is 0 Å². The van der Waals surface area contributed by atoms with Gasteiger partial charge in [-0.25, -0.2) is 4.98 Å². The maximum atomic E-state index is 12.8. The van der Waals surface area contributed by atoms with E-state index in [2.05, 4.69) is 9.88 Å². The van der Waals surface area contributed by atoms with E-state index in [1.807, 2.05) is 30.0 Å². The highest BCUT2D eigenvalue weighted by Gasteiger charge is 2.30. The second kappa shape index (κ2) is 7.19. The fourth-order valence-corrected chi connectivity index (χ4v) is 3.73. The first-order valence-electron chi connectivity index (χ1n) is 9.45. The highest BCUT2D eigenvalue weighted by molar-refractivity contribution is 5.92. The number of anilines is 2. The van der Waals surface area contributed by atoms with Crippen LogP contribution in [-0.2, 0) is 13.0 Å². The quantitative estimate of drug-likeness (QED) is 0.839. The molecule has 2 aromatic heterocycles. The Morgan fingerprint density at radius 2 is 2.04 bits per heavy atom. The summed E-state index contributed by atoms with van der Waals surface area (Å²) in [5.74, 6) is 1.60. The molecule has 27 heavy (non-hydrogen) atoms. The normalized spacial score (nSPS) is 17.7. The van der Waals surface area contributed by atoms with E-state index in [0.717, 1.165) is 43.0 Å². The van der Waals surface area contributed by atoms with Gasteiger partial charge in [-0.1, -0.05) is 0 Å². The van der Waals surface area contributed by atoms with Gasteiger partial charge < -0.3 is 24.8 Å². The summed E-state index contributed by atoms with van der Waals surface area (Å²) in [5, 5.41) is 9.85. The van der Waals surface area contributed by atoms with Crippen molar-refractivity contribution in [2.45, 2.75) is 31.9 Å². The number of rotatable bonds is 3. The zero-order chi connectivity index (χ0) is 19.0. The lowest BCUT2D eigenvalue weighted by Crippen LogP contribution is -2.41. The fraction of sp³-hybridized carbons (Fsp3) is 0.526. The third-order valence-electron chi connectivity index (χ3n) is 5.31. The molecule has 0 aromatic carbocycles. The van der Waals surface area contributed by atoms with Crippen molar-refractivity contribution in [3.8, 4) is 0 Å². The summed E-state index contributed by atoms with van der Waals surface area (Å²) in [6, 6.07) is 3.64. The molecule has 0 radical (unpaired) electrons. The van der Waals surface area contributed by atoms with E-state index in [4.69, 9.17) is 9.97 Å². The third-order valence-corrected chi connectivity index (χ3v) is 5.31. The first kappa shape index (κ1) is 17.8. The standard InChI is InChI=1S/C19H26N6O2/c1-23(2)19-21-15-7-11-25(18(27)16-4-3-8-20-16)12-14(15)17(22-19)24-9-5-13(26)6-10-24/h3-4,8,13,20,26H,5-7,9-12H2,1-2H3. The zero-order valence-electron chi connectivity index (χ0n) is 15.9. The van der Waals surface area contributed by atoms with Gasteiger partial charge >= 0.3 is 0 Å². The Morgan fingerprint density at radius 3 is 2.70 bits per heavy atom. The van der Waals surface area contributed by atoms with Gasteiger partial charge in [-0.15, -0.1) is 0 Å². The number of hydrogen-bond acceptors (Lipinski definition) is 6. The molecule has 0 aliphatic carbocycles. The van der Waals surface area contributed by atoms with Gasteiger partial charge in [0.25, 0.3) is 5.91 Å². The average molecular weight is 370 g/mol. The fourth-order valence-electron chi connectivity index (χ4n) is 3.73. The zero-order valence-corrected chi connectivity index (χ0v) is 15.9. The van der Waals surface area contributed by atoms with Crippen LogP contribution in [0.3, 0.4) is 0 Å². The molecular weight excluding hydrogens is 344 g/mol. The largest absolute Gasteiger partial charge is 0.393 e. The van der Waals surface area contributed by atoms with Gasteiger partial charge in [-0.05, 0) is 25.0 Å². The minimum Gasteiger partial charge on any atom is -0.393 e. The molecule has 0 atom stereocenters. The summed E-state index contributed by atoms with van der Waals surface area (Å²) in [7, 11) is 3.88. The number of aromatic nitrogens is 3. The van der Waals surface area contributed by atoms with E-state index in [0.29, 0.717) is 31.2 Å². The number of amides is 1. The molecule has 8 nitrogen and oxygen atoms in total. The van der Waals surface area contributed by atoms with Gasteiger partial charge in [-0.2, -0.15) is 4.98 Å². The van der Waals surface area contributed by atoms with Crippen molar-refractivity contribution in [1.82, 2.24) is 19.9 Å². The molecule has 0 spiro atoms. The van der Waals surface area contributed by atoms with E-state index in [1.54, 1.807) is 12.3 Å². The molecule has 1 fully saturated rings. The van der Waals surface area contributed by atoms with Crippen LogP contribution in [0.4, 0.5) is 11.8 Å². The second-order valence-electron chi connectivity index (χ2n) is 7.45. The first-order valence-corrected chi connectivity index (χ1v) is 9.45. The number of aliphatic hydroxyl groups is 1. The molecule has 144 valence electrons. The smallest absolute Gasteiger partial charge is 0.270 e. The summed E-state index contributed by atoms with van der Waals surface area (Å²) in [6.07, 6.45) is 3.72. The molecule has 1 saturated heterocycles. The van der Waals surface area contributed by atoms with Gasteiger partial charge in [0.1, 0.15) is 11.5 Å². The van der Waals surface area contributed by atoms with Crippen LogP contribution in [0, 0.1) is 0 Å². The Bertz CT molecular complexity index is 812. The Labute approximate surface area is 158 Å². The number of fused-ring (bicyclic) bond motifs is 1. The highest BCUT2D eigenvalue weighted by Crippen LogP contribution is 2.30. The number of aromatic amines is 1. The van der Waals surface area contributed by atoms with Crippen molar-refractivity contribution in [2.75, 3.05) is 43.5 Å². The molecule has 0 saturated carbocycles. The van der Waals surface area contributed by atoms with Crippen molar-refractivity contribution in [1.29, 1.82) is 0 Å². The monoisotopic (exact) mass is 370 g/mol. The summed E-state index contributed by atoms with van der Waals surface area (Å²) >= 11 is 0.